The van der Waals surface area contributed by atoms with E-state index in [9.17, 15) is 0 Å². The average Bonchev–Trinajstić information content (AvgIpc) is 2.63. The molecule has 1 aromatic carbocycles. The molecule has 1 atom stereocenters. The van der Waals surface area contributed by atoms with Gasteiger partial charge in [0.1, 0.15) is 0 Å². The van der Waals surface area contributed by atoms with E-state index in [2.05, 4.69) is 23.6 Å². The number of hydrogen-bond donors (Lipinski definition) is 3. The molecule has 0 aliphatic heterocycles. The molecule has 5 N–H and O–H groups in total. The normalized spacial score (nSPS) is 17.1. The van der Waals surface area contributed by atoms with Crippen molar-refractivity contribution in [2.45, 2.75) is 25.4 Å². The highest BCUT2D eigenvalue weighted by atomic mass is 15.3. The highest BCUT2D eigenvalue weighted by Crippen LogP contribution is 2.23. The zero-order valence-electron chi connectivity index (χ0n) is 7.59. The largest absolute Gasteiger partial charge is 0.311 e. The second-order valence-corrected chi connectivity index (χ2v) is 3.53. The molecule has 0 saturated heterocycles. The van der Waals surface area contributed by atoms with E-state index in [1.54, 1.807) is 0 Å². The molecule has 0 fully saturated rings. The maximum atomic E-state index is 5.75. The van der Waals surface area contributed by atoms with Gasteiger partial charge in [-0.15, -0.1) is 0 Å². The predicted octanol–water partition coefficient (Wildman–Crippen LogP) is 0.596. The third-order valence-electron chi connectivity index (χ3n) is 2.66. The maximum absolute atomic E-state index is 5.75. The third kappa shape index (κ3) is 1.58. The first kappa shape index (κ1) is 8.69. The van der Waals surface area contributed by atoms with Crippen molar-refractivity contribution in [2.24, 2.45) is 11.6 Å². The maximum Gasteiger partial charge on any atom is 0.0936 e. The van der Waals surface area contributed by atoms with Crippen LogP contribution in [0.25, 0.3) is 0 Å². The highest BCUT2D eigenvalue weighted by Gasteiger charge is 2.12. The van der Waals surface area contributed by atoms with Gasteiger partial charge in [-0.05, 0) is 36.0 Å². The van der Waals surface area contributed by atoms with Crippen molar-refractivity contribution >= 4 is 0 Å². The molecule has 0 amide bonds. The predicted molar refractivity (Wildman–Crippen MR) is 52.7 cm³/mol. The lowest BCUT2D eigenvalue weighted by molar-refractivity contribution is 0.576. The van der Waals surface area contributed by atoms with Crippen LogP contribution in [0.3, 0.4) is 0 Å². The molecule has 1 unspecified atom stereocenters. The van der Waals surface area contributed by atoms with Crippen LogP contribution in [0.5, 0.6) is 0 Å². The summed E-state index contributed by atoms with van der Waals surface area (Å²) in [5, 5.41) is 0. The number of nitrogens with one attached hydrogen (secondary N) is 1. The number of aryl methyl sites for hydroxylation is 2. The monoisotopic (exact) mass is 177 g/mol. The third-order valence-corrected chi connectivity index (χ3v) is 2.66. The van der Waals surface area contributed by atoms with E-state index in [1.165, 1.54) is 30.4 Å². The molecule has 1 aromatic rings. The Morgan fingerprint density at radius 2 is 2.00 bits per heavy atom. The molecule has 13 heavy (non-hydrogen) atoms. The number of rotatable bonds is 2. The van der Waals surface area contributed by atoms with Gasteiger partial charge in [0.15, 0.2) is 0 Å². The fraction of sp³-hybridized carbons (Fsp3) is 0.400. The minimum atomic E-state index is -0.245. The van der Waals surface area contributed by atoms with Crippen molar-refractivity contribution in [3.8, 4) is 0 Å². The number of benzene rings is 1. The summed E-state index contributed by atoms with van der Waals surface area (Å²) in [5.74, 6) is 5.27. The quantitative estimate of drug-likeness (QED) is 0.352. The molecule has 1 aliphatic carbocycles. The van der Waals surface area contributed by atoms with Crippen LogP contribution in [-0.4, -0.2) is 0 Å². The first-order valence-electron chi connectivity index (χ1n) is 4.64. The number of fused-ring (bicyclic) bond motifs is 1. The Morgan fingerprint density at radius 1 is 1.23 bits per heavy atom. The topological polar surface area (TPSA) is 64.1 Å². The molecular weight excluding hydrogens is 162 g/mol. The smallest absolute Gasteiger partial charge is 0.0936 e. The van der Waals surface area contributed by atoms with Crippen molar-refractivity contribution < 1.29 is 0 Å². The molecule has 0 bridgehead atoms. The Balaban J connectivity index is 2.30. The summed E-state index contributed by atoms with van der Waals surface area (Å²) in [4.78, 5) is 0. The Labute approximate surface area is 78.1 Å². The van der Waals surface area contributed by atoms with Gasteiger partial charge in [0.25, 0.3) is 0 Å². The van der Waals surface area contributed by atoms with Crippen molar-refractivity contribution in [3.05, 3.63) is 34.9 Å². The molecule has 0 spiro atoms. The minimum absolute atomic E-state index is 0.245. The van der Waals surface area contributed by atoms with Crippen LogP contribution in [0.4, 0.5) is 0 Å². The molecule has 3 nitrogen and oxygen atoms in total. The Morgan fingerprint density at radius 3 is 2.77 bits per heavy atom. The molecule has 0 aromatic heterocycles. The first-order chi connectivity index (χ1) is 6.31. The van der Waals surface area contributed by atoms with Gasteiger partial charge in [0, 0.05) is 0 Å². The lowest BCUT2D eigenvalue weighted by Crippen LogP contribution is -2.34. The summed E-state index contributed by atoms with van der Waals surface area (Å²) in [7, 11) is 0. The van der Waals surface area contributed by atoms with Crippen LogP contribution in [-0.2, 0) is 12.8 Å². The molecule has 3 heteroatoms. The standard InChI is InChI=1S/C10H15N3/c11-10(13-12)9-5-4-7-2-1-3-8(7)6-9/h4-6,10,13H,1-3,11-12H2. The SMILES string of the molecule is NNC(N)c1ccc2c(c1)CCC2. The van der Waals surface area contributed by atoms with Crippen molar-refractivity contribution in [3.63, 3.8) is 0 Å². The van der Waals surface area contributed by atoms with E-state index >= 15 is 0 Å². The van der Waals surface area contributed by atoms with Gasteiger partial charge in [-0.2, -0.15) is 0 Å². The fourth-order valence-corrected chi connectivity index (χ4v) is 1.88. The highest BCUT2D eigenvalue weighted by molar-refractivity contribution is 5.36. The molecular formula is C10H15N3. The van der Waals surface area contributed by atoms with Crippen LogP contribution in [0, 0.1) is 0 Å². The lowest BCUT2D eigenvalue weighted by atomic mass is 10.1. The number of hydrogen-bond acceptors (Lipinski definition) is 3. The van der Waals surface area contributed by atoms with E-state index in [0.29, 0.717) is 0 Å². The van der Waals surface area contributed by atoms with Gasteiger partial charge < -0.3 is 5.73 Å². The average molecular weight is 177 g/mol. The van der Waals surface area contributed by atoms with Crippen LogP contribution in [0.2, 0.25) is 0 Å². The van der Waals surface area contributed by atoms with E-state index in [0.717, 1.165) is 5.56 Å². The minimum Gasteiger partial charge on any atom is -0.311 e. The Bertz CT molecular complexity index is 309. The lowest BCUT2D eigenvalue weighted by Gasteiger charge is -2.11. The summed E-state index contributed by atoms with van der Waals surface area (Å²) < 4.78 is 0. The van der Waals surface area contributed by atoms with Gasteiger partial charge in [-0.3, -0.25) is 5.84 Å². The summed E-state index contributed by atoms with van der Waals surface area (Å²) in [5.41, 5.74) is 12.3. The van der Waals surface area contributed by atoms with Gasteiger partial charge >= 0.3 is 0 Å². The molecule has 0 radical (unpaired) electrons. The van der Waals surface area contributed by atoms with Gasteiger partial charge in [-0.25, -0.2) is 5.43 Å². The summed E-state index contributed by atoms with van der Waals surface area (Å²) in [6.45, 7) is 0. The molecule has 0 heterocycles. The number of nitrogens with two attached hydrogens (primary N) is 2. The van der Waals surface area contributed by atoms with Crippen LogP contribution < -0.4 is 17.0 Å². The summed E-state index contributed by atoms with van der Waals surface area (Å²) >= 11 is 0. The molecule has 1 aliphatic rings. The second-order valence-electron chi connectivity index (χ2n) is 3.53. The van der Waals surface area contributed by atoms with E-state index in [4.69, 9.17) is 11.6 Å². The summed E-state index contributed by atoms with van der Waals surface area (Å²) in [6.07, 6.45) is 3.41. The second kappa shape index (κ2) is 3.46. The Hall–Kier alpha value is -0.900. The molecule has 70 valence electrons. The summed E-state index contributed by atoms with van der Waals surface area (Å²) in [6, 6.07) is 6.37. The van der Waals surface area contributed by atoms with Crippen LogP contribution in [0.1, 0.15) is 29.3 Å². The van der Waals surface area contributed by atoms with Crippen LogP contribution in [0.15, 0.2) is 18.2 Å². The van der Waals surface area contributed by atoms with Crippen molar-refractivity contribution in [1.29, 1.82) is 0 Å². The first-order valence-corrected chi connectivity index (χ1v) is 4.64. The van der Waals surface area contributed by atoms with Crippen molar-refractivity contribution in [1.82, 2.24) is 5.43 Å². The van der Waals surface area contributed by atoms with E-state index in [-0.39, 0.29) is 6.17 Å². The van der Waals surface area contributed by atoms with Gasteiger partial charge in [0.2, 0.25) is 0 Å². The van der Waals surface area contributed by atoms with E-state index in [1.807, 2.05) is 0 Å². The zero-order valence-corrected chi connectivity index (χ0v) is 7.59. The number of hydrazine groups is 1. The Kier molecular flexibility index (Phi) is 2.31. The van der Waals surface area contributed by atoms with Gasteiger partial charge in [-0.1, -0.05) is 18.2 Å². The van der Waals surface area contributed by atoms with E-state index < -0.39 is 0 Å². The van der Waals surface area contributed by atoms with Gasteiger partial charge in [0.05, 0.1) is 6.17 Å². The van der Waals surface area contributed by atoms with Crippen molar-refractivity contribution in [2.75, 3.05) is 0 Å². The zero-order chi connectivity index (χ0) is 9.26. The molecule has 0 saturated carbocycles. The van der Waals surface area contributed by atoms with Crippen LogP contribution >= 0.6 is 0 Å². The fourth-order valence-electron chi connectivity index (χ4n) is 1.88. The molecule has 2 rings (SSSR count).